The number of likely N-dealkylation sites (tertiary alicyclic amines) is 1. The fourth-order valence-corrected chi connectivity index (χ4v) is 5.50. The van der Waals surface area contributed by atoms with Gasteiger partial charge in [-0.3, -0.25) is 19.4 Å². The Bertz CT molecular complexity index is 1690. The molecule has 0 spiro atoms. The lowest BCUT2D eigenvalue weighted by Crippen LogP contribution is -2.43. The predicted molar refractivity (Wildman–Crippen MR) is 151 cm³/mol. The third-order valence-electron chi connectivity index (χ3n) is 7.78. The van der Waals surface area contributed by atoms with E-state index in [1.165, 1.54) is 12.8 Å². The van der Waals surface area contributed by atoms with Crippen molar-refractivity contribution in [3.63, 3.8) is 0 Å². The summed E-state index contributed by atoms with van der Waals surface area (Å²) in [6.07, 6.45) is 11.6. The summed E-state index contributed by atoms with van der Waals surface area (Å²) >= 11 is 0. The van der Waals surface area contributed by atoms with Gasteiger partial charge in [-0.25, -0.2) is 9.50 Å². The topological polar surface area (TPSA) is 110 Å². The number of carbonyl (C=O) groups is 1. The number of nitrogens with zero attached hydrogens (tertiary/aromatic N) is 8. The zero-order valence-corrected chi connectivity index (χ0v) is 23.1. The Morgan fingerprint density at radius 1 is 1.13 bits per heavy atom. The van der Waals surface area contributed by atoms with E-state index in [9.17, 15) is 4.79 Å². The largest absolute Gasteiger partial charge is 0.351 e. The van der Waals surface area contributed by atoms with Crippen molar-refractivity contribution in [2.75, 3.05) is 25.0 Å². The average Bonchev–Trinajstić information content (AvgIpc) is 3.66. The molecule has 0 bridgehead atoms. The number of fused-ring (bicyclic) bond motifs is 3. The zero-order valence-electron chi connectivity index (χ0n) is 23.1. The van der Waals surface area contributed by atoms with Crippen LogP contribution in [0.1, 0.15) is 42.7 Å². The van der Waals surface area contributed by atoms with Crippen LogP contribution in [0.4, 0.5) is 11.5 Å². The first-order valence-electron chi connectivity index (χ1n) is 13.3. The first kappa shape index (κ1) is 25.1. The van der Waals surface area contributed by atoms with Gasteiger partial charge in [0, 0.05) is 56.9 Å². The van der Waals surface area contributed by atoms with Crippen molar-refractivity contribution >= 4 is 33.8 Å². The van der Waals surface area contributed by atoms with Crippen LogP contribution in [0.2, 0.25) is 0 Å². The van der Waals surface area contributed by atoms with E-state index >= 15 is 0 Å². The molecule has 1 amide bonds. The van der Waals surface area contributed by atoms with E-state index in [0.717, 1.165) is 52.1 Å². The van der Waals surface area contributed by atoms with Gasteiger partial charge in [0.1, 0.15) is 0 Å². The van der Waals surface area contributed by atoms with Crippen LogP contribution >= 0.6 is 0 Å². The summed E-state index contributed by atoms with van der Waals surface area (Å²) < 4.78 is 5.61. The molecule has 5 aromatic heterocycles. The molecule has 202 valence electrons. The van der Waals surface area contributed by atoms with Crippen LogP contribution in [0.3, 0.4) is 0 Å². The zero-order chi connectivity index (χ0) is 27.3. The summed E-state index contributed by atoms with van der Waals surface area (Å²) in [4.78, 5) is 24.3. The maximum Gasteiger partial charge on any atom is 0.252 e. The molecule has 1 fully saturated rings. The summed E-state index contributed by atoms with van der Waals surface area (Å²) in [7, 11) is 3.87. The lowest BCUT2D eigenvalue weighted by Gasteiger charge is -2.31. The maximum atomic E-state index is 12.9. The van der Waals surface area contributed by atoms with E-state index in [2.05, 4.69) is 50.5 Å². The summed E-state index contributed by atoms with van der Waals surface area (Å²) in [6, 6.07) is 3.91. The number of hydrogen-bond acceptors (Lipinski definition) is 7. The van der Waals surface area contributed by atoms with Gasteiger partial charge in [-0.1, -0.05) is 0 Å². The average molecular weight is 527 g/mol. The maximum absolute atomic E-state index is 12.9. The molecule has 0 aromatic carbocycles. The normalized spacial score (nSPS) is 15.4. The van der Waals surface area contributed by atoms with Gasteiger partial charge in [0.25, 0.3) is 5.91 Å². The second-order valence-corrected chi connectivity index (χ2v) is 11.0. The molecule has 0 saturated carbocycles. The van der Waals surface area contributed by atoms with Crippen molar-refractivity contribution in [2.45, 2.75) is 39.2 Å². The van der Waals surface area contributed by atoms with Gasteiger partial charge in [0.05, 0.1) is 51.6 Å². The first-order valence-corrected chi connectivity index (χ1v) is 13.3. The molecule has 2 N–H and O–H groups in total. The van der Waals surface area contributed by atoms with Gasteiger partial charge in [-0.05, 0) is 52.3 Å². The molecule has 0 unspecified atom stereocenters. The first-order chi connectivity index (χ1) is 18.7. The van der Waals surface area contributed by atoms with E-state index in [1.807, 2.05) is 53.2 Å². The lowest BCUT2D eigenvalue weighted by molar-refractivity contribution is 0.0940. The molecule has 6 rings (SSSR count). The van der Waals surface area contributed by atoms with Crippen LogP contribution in [-0.2, 0) is 14.1 Å². The highest BCUT2D eigenvalue weighted by Gasteiger charge is 2.31. The molecule has 0 radical (unpaired) electrons. The minimum atomic E-state index is -0.132. The Balaban J connectivity index is 1.23. The second kappa shape index (κ2) is 9.49. The van der Waals surface area contributed by atoms with E-state index in [4.69, 9.17) is 5.10 Å². The Morgan fingerprint density at radius 3 is 2.72 bits per heavy atom. The van der Waals surface area contributed by atoms with Gasteiger partial charge in [0.2, 0.25) is 0 Å². The molecule has 11 heteroatoms. The summed E-state index contributed by atoms with van der Waals surface area (Å²) in [6.45, 7) is 8.96. The number of nitrogens with one attached hydrogen (secondary N) is 2. The number of amides is 1. The van der Waals surface area contributed by atoms with Crippen molar-refractivity contribution in [1.29, 1.82) is 0 Å². The fourth-order valence-electron chi connectivity index (χ4n) is 5.50. The van der Waals surface area contributed by atoms with Crippen molar-refractivity contribution in [3.05, 3.63) is 54.5 Å². The molecule has 5 aromatic rings. The smallest absolute Gasteiger partial charge is 0.252 e. The van der Waals surface area contributed by atoms with Crippen molar-refractivity contribution in [1.82, 2.24) is 44.1 Å². The number of pyridine rings is 1. The quantitative estimate of drug-likeness (QED) is 0.333. The molecular weight excluding hydrogens is 492 g/mol. The molecule has 1 saturated heterocycles. The summed E-state index contributed by atoms with van der Waals surface area (Å²) in [5, 5.41) is 16.7. The third kappa shape index (κ3) is 4.63. The lowest BCUT2D eigenvalue weighted by atomic mass is 10.0. The molecule has 0 atom stereocenters. The summed E-state index contributed by atoms with van der Waals surface area (Å²) in [5.41, 5.74) is 5.96. The Kier molecular flexibility index (Phi) is 6.10. The van der Waals surface area contributed by atoms with Crippen LogP contribution in [0.15, 0.2) is 43.2 Å². The minimum absolute atomic E-state index is 0.132. The van der Waals surface area contributed by atoms with Gasteiger partial charge >= 0.3 is 0 Å². The molecule has 0 aliphatic carbocycles. The number of carbonyl (C=O) groups excluding carboxylic acids is 1. The number of rotatable bonds is 7. The third-order valence-corrected chi connectivity index (χ3v) is 7.78. The SMILES string of the molecule is Cc1ncc(C(=O)NCCN2CCCC2(C)C)cc1Nc1nn(C)c2c1cnn1cc(-c3cn(C)cn3)cc21. The standard InChI is InChI=1S/C28H34N10O/c1-18-22(11-19(13-30-18)27(39)29-8-10-37-9-6-7-28(37,2)3)33-26-21-14-32-38-15-20(23-16-35(4)17-31-23)12-24(38)25(21)36(5)34-26/h11-17H,6-10H2,1-5H3,(H,29,39)(H,33,34). The van der Waals surface area contributed by atoms with Crippen LogP contribution < -0.4 is 10.6 Å². The highest BCUT2D eigenvalue weighted by molar-refractivity contribution is 6.01. The van der Waals surface area contributed by atoms with E-state index in [1.54, 1.807) is 18.7 Å². The Hall–Kier alpha value is -4.25. The Morgan fingerprint density at radius 2 is 1.97 bits per heavy atom. The molecular formula is C28H34N10O. The van der Waals surface area contributed by atoms with Crippen LogP contribution in [-0.4, -0.2) is 69.9 Å². The molecule has 1 aliphatic heterocycles. The molecule has 6 heterocycles. The monoisotopic (exact) mass is 526 g/mol. The van der Waals surface area contributed by atoms with Gasteiger partial charge in [0.15, 0.2) is 5.82 Å². The fraction of sp³-hybridized carbons (Fsp3) is 0.393. The Labute approximate surface area is 226 Å². The molecule has 11 nitrogen and oxygen atoms in total. The predicted octanol–water partition coefficient (Wildman–Crippen LogP) is 3.67. The highest BCUT2D eigenvalue weighted by Crippen LogP contribution is 2.31. The summed E-state index contributed by atoms with van der Waals surface area (Å²) in [5.74, 6) is 0.522. The van der Waals surface area contributed by atoms with Gasteiger partial charge in [-0.2, -0.15) is 10.2 Å². The number of hydrogen-bond donors (Lipinski definition) is 2. The second-order valence-electron chi connectivity index (χ2n) is 11.0. The number of imidazole rings is 1. The number of aromatic nitrogens is 7. The van der Waals surface area contributed by atoms with Crippen LogP contribution in [0.25, 0.3) is 27.7 Å². The van der Waals surface area contributed by atoms with E-state index in [0.29, 0.717) is 17.9 Å². The van der Waals surface area contributed by atoms with Gasteiger partial charge < -0.3 is 15.2 Å². The minimum Gasteiger partial charge on any atom is -0.351 e. The van der Waals surface area contributed by atoms with Crippen LogP contribution in [0, 0.1) is 6.92 Å². The van der Waals surface area contributed by atoms with E-state index < -0.39 is 0 Å². The van der Waals surface area contributed by atoms with Crippen molar-refractivity contribution in [3.8, 4) is 11.3 Å². The highest BCUT2D eigenvalue weighted by atomic mass is 16.1. The molecule has 39 heavy (non-hydrogen) atoms. The van der Waals surface area contributed by atoms with Crippen LogP contribution in [0.5, 0.6) is 0 Å². The number of anilines is 2. The number of aryl methyl sites for hydroxylation is 3. The van der Waals surface area contributed by atoms with E-state index in [-0.39, 0.29) is 11.4 Å². The molecule has 1 aliphatic rings. The van der Waals surface area contributed by atoms with Crippen molar-refractivity contribution < 1.29 is 4.79 Å². The van der Waals surface area contributed by atoms with Gasteiger partial charge in [-0.15, -0.1) is 0 Å². The van der Waals surface area contributed by atoms with Crippen molar-refractivity contribution in [2.24, 2.45) is 14.1 Å².